The SMILES string of the molecule is Oc1ccc(C=NC23C[NH+]4C[NH+](C[NH+](C4)C2)C3)cc1. The third-order valence-electron chi connectivity index (χ3n) is 4.62. The van der Waals surface area contributed by atoms with Crippen LogP contribution in [0.15, 0.2) is 29.3 Å². The summed E-state index contributed by atoms with van der Waals surface area (Å²) >= 11 is 0. The molecule has 1 aromatic rings. The third kappa shape index (κ3) is 2.04. The molecular formula is C14H21N4O+3. The smallest absolute Gasteiger partial charge is 0.213 e. The second kappa shape index (κ2) is 4.03. The minimum Gasteiger partial charge on any atom is -0.508 e. The van der Waals surface area contributed by atoms with Crippen LogP contribution in [0.1, 0.15) is 5.56 Å². The van der Waals surface area contributed by atoms with E-state index in [-0.39, 0.29) is 5.54 Å². The number of aliphatic imine (C=N–C) groups is 1. The van der Waals surface area contributed by atoms with Crippen LogP contribution in [-0.4, -0.2) is 56.5 Å². The number of nitrogens with one attached hydrogen (secondary N) is 3. The van der Waals surface area contributed by atoms with Gasteiger partial charge in [0.1, 0.15) is 25.4 Å². The lowest BCUT2D eigenvalue weighted by molar-refractivity contribution is -1.29. The number of hydrogen-bond donors (Lipinski definition) is 4. The zero-order chi connectivity index (χ0) is 12.9. The van der Waals surface area contributed by atoms with Gasteiger partial charge in [-0.05, 0) is 29.8 Å². The van der Waals surface area contributed by atoms with Crippen LogP contribution in [0.3, 0.4) is 0 Å². The Hall–Kier alpha value is -1.43. The molecule has 4 aliphatic heterocycles. The molecule has 0 unspecified atom stereocenters. The molecule has 0 radical (unpaired) electrons. The molecule has 4 fully saturated rings. The lowest BCUT2D eigenvalue weighted by Crippen LogP contribution is -3.56. The largest absolute Gasteiger partial charge is 0.508 e. The van der Waals surface area contributed by atoms with Gasteiger partial charge in [-0.1, -0.05) is 0 Å². The Morgan fingerprint density at radius 1 is 0.947 bits per heavy atom. The summed E-state index contributed by atoms with van der Waals surface area (Å²) in [6.45, 7) is 7.40. The maximum atomic E-state index is 9.30. The number of nitrogens with zero attached hydrogens (tertiary/aromatic N) is 1. The number of phenolic OH excluding ortho intramolecular Hbond substituents is 1. The van der Waals surface area contributed by atoms with Crippen LogP contribution < -0.4 is 14.7 Å². The first-order chi connectivity index (χ1) is 9.21. The number of quaternary nitrogens is 3. The van der Waals surface area contributed by atoms with Crippen molar-refractivity contribution < 1.29 is 19.8 Å². The summed E-state index contributed by atoms with van der Waals surface area (Å²) in [6, 6.07) is 7.29. The molecule has 0 spiro atoms. The fourth-order valence-electron chi connectivity index (χ4n) is 4.12. The van der Waals surface area contributed by atoms with Crippen molar-refractivity contribution in [2.24, 2.45) is 4.99 Å². The predicted molar refractivity (Wildman–Crippen MR) is 70.5 cm³/mol. The number of benzene rings is 1. The minimum atomic E-state index is 0.145. The van der Waals surface area contributed by atoms with Crippen molar-refractivity contribution in [2.45, 2.75) is 5.54 Å². The van der Waals surface area contributed by atoms with E-state index in [1.165, 1.54) is 39.6 Å². The number of hydrogen-bond acceptors (Lipinski definition) is 2. The van der Waals surface area contributed by atoms with Crippen LogP contribution >= 0.6 is 0 Å². The van der Waals surface area contributed by atoms with Crippen molar-refractivity contribution in [1.29, 1.82) is 0 Å². The van der Waals surface area contributed by atoms with E-state index in [1.54, 1.807) is 26.8 Å². The molecule has 0 aliphatic carbocycles. The van der Waals surface area contributed by atoms with Crippen LogP contribution in [0.4, 0.5) is 0 Å². The van der Waals surface area contributed by atoms with Crippen LogP contribution in [0, 0.1) is 0 Å². The number of aromatic hydroxyl groups is 1. The van der Waals surface area contributed by atoms with E-state index < -0.39 is 0 Å². The summed E-state index contributed by atoms with van der Waals surface area (Å²) in [4.78, 5) is 10.1. The van der Waals surface area contributed by atoms with Gasteiger partial charge in [0.05, 0.1) is 0 Å². The first-order valence-electron chi connectivity index (χ1n) is 7.06. The maximum Gasteiger partial charge on any atom is 0.213 e. The molecule has 0 amide bonds. The Labute approximate surface area is 112 Å². The molecule has 4 N–H and O–H groups in total. The Balaban J connectivity index is 1.57. The van der Waals surface area contributed by atoms with Crippen molar-refractivity contribution in [3.63, 3.8) is 0 Å². The lowest BCUT2D eigenvalue weighted by atomic mass is 9.91. The Kier molecular flexibility index (Phi) is 2.42. The second-order valence-corrected chi connectivity index (χ2v) is 6.38. The molecule has 0 saturated carbocycles. The van der Waals surface area contributed by atoms with Gasteiger partial charge < -0.3 is 5.11 Å². The van der Waals surface area contributed by atoms with Crippen molar-refractivity contribution in [1.82, 2.24) is 0 Å². The Bertz CT molecular complexity index is 475. The molecule has 5 rings (SSSR count). The van der Waals surface area contributed by atoms with Gasteiger partial charge in [0, 0.05) is 6.21 Å². The molecule has 5 heteroatoms. The highest BCUT2D eigenvalue weighted by Crippen LogP contribution is 2.11. The van der Waals surface area contributed by atoms with E-state index >= 15 is 0 Å². The average molecular weight is 261 g/mol. The lowest BCUT2D eigenvalue weighted by Gasteiger charge is -2.50. The van der Waals surface area contributed by atoms with Gasteiger partial charge in [-0.25, -0.2) is 14.7 Å². The maximum absolute atomic E-state index is 9.30. The molecule has 0 aromatic heterocycles. The van der Waals surface area contributed by atoms with E-state index in [2.05, 4.69) is 0 Å². The van der Waals surface area contributed by atoms with Crippen LogP contribution in [-0.2, 0) is 0 Å². The first kappa shape index (κ1) is 11.4. The van der Waals surface area contributed by atoms with Gasteiger partial charge in [0.15, 0.2) is 0 Å². The molecule has 4 saturated heterocycles. The van der Waals surface area contributed by atoms with Crippen LogP contribution in [0.25, 0.3) is 0 Å². The summed E-state index contributed by atoms with van der Waals surface area (Å²) in [6.07, 6.45) is 1.99. The van der Waals surface area contributed by atoms with Crippen molar-refractivity contribution in [3.05, 3.63) is 29.8 Å². The van der Waals surface area contributed by atoms with Gasteiger partial charge in [-0.2, -0.15) is 0 Å². The van der Waals surface area contributed by atoms with E-state index in [1.807, 2.05) is 18.3 Å². The Morgan fingerprint density at radius 3 is 2.00 bits per heavy atom. The van der Waals surface area contributed by atoms with Gasteiger partial charge >= 0.3 is 0 Å². The van der Waals surface area contributed by atoms with E-state index in [0.29, 0.717) is 5.75 Å². The van der Waals surface area contributed by atoms with E-state index in [9.17, 15) is 5.11 Å². The fourth-order valence-corrected chi connectivity index (χ4v) is 4.12. The summed E-state index contributed by atoms with van der Waals surface area (Å²) < 4.78 is 0. The molecule has 5 nitrogen and oxygen atoms in total. The van der Waals surface area contributed by atoms with Gasteiger partial charge in [-0.3, -0.25) is 4.99 Å². The molecule has 0 atom stereocenters. The molecule has 1 aromatic carbocycles. The van der Waals surface area contributed by atoms with Gasteiger partial charge in [0.2, 0.25) is 25.5 Å². The summed E-state index contributed by atoms with van der Waals surface area (Å²) in [5.41, 5.74) is 1.22. The molecular weight excluding hydrogens is 240 g/mol. The van der Waals surface area contributed by atoms with E-state index in [0.717, 1.165) is 5.56 Å². The quantitative estimate of drug-likeness (QED) is 0.404. The van der Waals surface area contributed by atoms with Crippen molar-refractivity contribution in [2.75, 3.05) is 39.6 Å². The zero-order valence-electron chi connectivity index (χ0n) is 11.0. The van der Waals surface area contributed by atoms with Gasteiger partial charge in [0.25, 0.3) is 0 Å². The second-order valence-electron chi connectivity index (χ2n) is 6.38. The summed E-state index contributed by atoms with van der Waals surface area (Å²) in [7, 11) is 0. The molecule has 4 heterocycles. The predicted octanol–water partition coefficient (Wildman–Crippen LogP) is -3.88. The minimum absolute atomic E-state index is 0.145. The summed E-state index contributed by atoms with van der Waals surface area (Å²) in [5, 5.41) is 9.30. The van der Waals surface area contributed by atoms with Crippen molar-refractivity contribution >= 4 is 6.21 Å². The van der Waals surface area contributed by atoms with Crippen LogP contribution in [0.2, 0.25) is 0 Å². The standard InChI is InChI=1S/C14H18N4O/c19-13-3-1-12(2-4-13)5-15-14-6-16-9-17(7-14)11-18(8-14)10-16/h1-5,19H,6-11H2/p+3. The fraction of sp³-hybridized carbons (Fsp3) is 0.500. The normalized spacial score (nSPS) is 40.1. The monoisotopic (exact) mass is 261 g/mol. The number of rotatable bonds is 2. The highest BCUT2D eigenvalue weighted by atomic mass is 16.3. The van der Waals surface area contributed by atoms with Gasteiger partial charge in [-0.15, -0.1) is 0 Å². The average Bonchev–Trinajstić information content (AvgIpc) is 2.36. The summed E-state index contributed by atoms with van der Waals surface area (Å²) in [5.74, 6) is 0.314. The number of phenols is 1. The van der Waals surface area contributed by atoms with E-state index in [4.69, 9.17) is 4.99 Å². The molecule has 100 valence electrons. The first-order valence-corrected chi connectivity index (χ1v) is 7.06. The van der Waals surface area contributed by atoms with Crippen LogP contribution in [0.5, 0.6) is 5.75 Å². The van der Waals surface area contributed by atoms with Crippen molar-refractivity contribution in [3.8, 4) is 5.75 Å². The molecule has 4 aliphatic rings. The third-order valence-corrected chi connectivity index (χ3v) is 4.62. The topological polar surface area (TPSA) is 45.9 Å². The zero-order valence-corrected chi connectivity index (χ0v) is 11.0. The molecule has 4 bridgehead atoms. The highest BCUT2D eigenvalue weighted by Gasteiger charge is 2.57. The Morgan fingerprint density at radius 2 is 1.47 bits per heavy atom. The molecule has 19 heavy (non-hydrogen) atoms. The highest BCUT2D eigenvalue weighted by molar-refractivity contribution is 5.80.